The van der Waals surface area contributed by atoms with Gasteiger partial charge in [-0.3, -0.25) is 4.98 Å². The van der Waals surface area contributed by atoms with Gasteiger partial charge in [0.15, 0.2) is 0 Å². The molecule has 0 radical (unpaired) electrons. The third kappa shape index (κ3) is 4.04. The van der Waals surface area contributed by atoms with E-state index in [0.29, 0.717) is 0 Å². The molecule has 3 heteroatoms. The maximum absolute atomic E-state index is 4.81. The molecule has 0 saturated carbocycles. The van der Waals surface area contributed by atoms with Gasteiger partial charge in [-0.15, -0.1) is 11.3 Å². The van der Waals surface area contributed by atoms with Crippen LogP contribution >= 0.6 is 27.3 Å². The Morgan fingerprint density at radius 3 is 2.37 bits per heavy atom. The number of fused-ring (bicyclic) bond motifs is 2. The van der Waals surface area contributed by atoms with E-state index in [1.165, 1.54) is 26.4 Å². The number of nitrogens with zero attached hydrogens (tertiary/aromatic N) is 1. The Kier molecular flexibility index (Phi) is 5.29. The molecule has 4 rings (SSSR count). The van der Waals surface area contributed by atoms with Crippen LogP contribution in [-0.4, -0.2) is 4.98 Å². The van der Waals surface area contributed by atoms with Crippen molar-refractivity contribution in [3.63, 3.8) is 0 Å². The Balaban J connectivity index is 1.98. The van der Waals surface area contributed by atoms with Crippen LogP contribution in [0.4, 0.5) is 0 Å². The normalized spacial score (nSPS) is 12.2. The second-order valence-electron chi connectivity index (χ2n) is 9.78. The molecule has 0 aliphatic heterocycles. The van der Waals surface area contributed by atoms with Crippen LogP contribution in [0.15, 0.2) is 53.1 Å². The first-order valence-corrected chi connectivity index (χ1v) is 11.8. The van der Waals surface area contributed by atoms with E-state index in [4.69, 9.17) is 4.98 Å². The van der Waals surface area contributed by atoms with E-state index in [0.717, 1.165) is 20.6 Å². The molecule has 4 aromatic rings. The molecule has 2 heterocycles. The minimum absolute atomic E-state index is 0.0311. The van der Waals surface area contributed by atoms with E-state index < -0.39 is 0 Å². The first-order chi connectivity index (χ1) is 14.0. The van der Waals surface area contributed by atoms with Crippen molar-refractivity contribution in [1.82, 2.24) is 4.98 Å². The molecule has 0 amide bonds. The quantitative estimate of drug-likeness (QED) is 0.251. The second kappa shape index (κ2) is 7.52. The Morgan fingerprint density at radius 1 is 0.933 bits per heavy atom. The molecule has 0 bridgehead atoms. The van der Waals surface area contributed by atoms with Gasteiger partial charge in [0.2, 0.25) is 0 Å². The summed E-state index contributed by atoms with van der Waals surface area (Å²) in [6.07, 6.45) is 1.90. The summed E-state index contributed by atoms with van der Waals surface area (Å²) in [5, 5.41) is 3.74. The average molecular weight is 476 g/mol. The fourth-order valence-corrected chi connectivity index (χ4v) is 5.45. The summed E-state index contributed by atoms with van der Waals surface area (Å²) in [5.41, 5.74) is 3.55. The predicted octanol–water partition coefficient (Wildman–Crippen LogP) is 8.57. The van der Waals surface area contributed by atoms with Crippen molar-refractivity contribution in [3.8, 4) is 23.1 Å². The molecule has 0 aliphatic carbocycles. The number of aromatic nitrogens is 1. The lowest BCUT2D eigenvalue weighted by Crippen LogP contribution is -2.12. The van der Waals surface area contributed by atoms with Gasteiger partial charge in [-0.05, 0) is 76.7 Å². The number of halogens is 1. The van der Waals surface area contributed by atoms with E-state index in [9.17, 15) is 0 Å². The van der Waals surface area contributed by atoms with E-state index in [1.54, 1.807) is 11.3 Å². The highest BCUT2D eigenvalue weighted by molar-refractivity contribution is 9.10. The average Bonchev–Trinajstić information content (AvgIpc) is 3.00. The third-order valence-corrected chi connectivity index (χ3v) is 7.25. The van der Waals surface area contributed by atoms with E-state index >= 15 is 0 Å². The topological polar surface area (TPSA) is 12.9 Å². The van der Waals surface area contributed by atoms with Gasteiger partial charge in [-0.25, -0.2) is 0 Å². The first kappa shape index (κ1) is 21.1. The lowest BCUT2D eigenvalue weighted by atomic mass is 9.82. The largest absolute Gasteiger partial charge is 0.255 e. The van der Waals surface area contributed by atoms with Gasteiger partial charge in [-0.1, -0.05) is 56.9 Å². The van der Waals surface area contributed by atoms with Crippen molar-refractivity contribution in [2.24, 2.45) is 5.41 Å². The van der Waals surface area contributed by atoms with Gasteiger partial charge in [0.1, 0.15) is 0 Å². The maximum atomic E-state index is 4.81. The van der Waals surface area contributed by atoms with Crippen molar-refractivity contribution in [2.45, 2.75) is 47.0 Å². The summed E-state index contributed by atoms with van der Waals surface area (Å²) in [6.45, 7) is 13.2. The van der Waals surface area contributed by atoms with Crippen molar-refractivity contribution in [2.75, 3.05) is 0 Å². The molecular weight excluding hydrogens is 450 g/mol. The number of thiophene rings is 1. The summed E-state index contributed by atoms with van der Waals surface area (Å²) >= 11 is 5.51. The van der Waals surface area contributed by atoms with E-state index in [-0.39, 0.29) is 10.8 Å². The lowest BCUT2D eigenvalue weighted by molar-refractivity contribution is 0.571. The molecule has 1 nitrogen and oxygen atoms in total. The smallest absolute Gasteiger partial charge is 0.0924 e. The fourth-order valence-electron chi connectivity index (χ4n) is 3.59. The van der Waals surface area contributed by atoms with E-state index in [1.807, 2.05) is 6.20 Å². The Bertz CT molecular complexity index is 1320. The van der Waals surface area contributed by atoms with E-state index in [2.05, 4.69) is 112 Å². The van der Waals surface area contributed by atoms with Crippen molar-refractivity contribution in [1.29, 1.82) is 0 Å². The Labute approximate surface area is 191 Å². The van der Waals surface area contributed by atoms with Gasteiger partial charge in [0, 0.05) is 22.6 Å². The molecule has 0 saturated heterocycles. The molecule has 0 atom stereocenters. The summed E-state index contributed by atoms with van der Waals surface area (Å²) < 4.78 is 2.25. The Hall–Kier alpha value is -2.15. The van der Waals surface area contributed by atoms with Crippen LogP contribution in [0.5, 0.6) is 0 Å². The monoisotopic (exact) mass is 475 g/mol. The number of hydrogen-bond donors (Lipinski definition) is 0. The zero-order valence-electron chi connectivity index (χ0n) is 18.4. The SMILES string of the molecule is CC(C)(C)C#Cc1sc2c(-c3cc(C(C)(C)C)c4ccccc4c3)nccc2c1Br. The summed E-state index contributed by atoms with van der Waals surface area (Å²) in [7, 11) is 0. The summed E-state index contributed by atoms with van der Waals surface area (Å²) in [6, 6.07) is 15.3. The highest BCUT2D eigenvalue weighted by Crippen LogP contribution is 2.42. The highest BCUT2D eigenvalue weighted by atomic mass is 79.9. The van der Waals surface area contributed by atoms with Crippen molar-refractivity contribution < 1.29 is 0 Å². The minimum Gasteiger partial charge on any atom is -0.255 e. The molecule has 152 valence electrons. The van der Waals surface area contributed by atoms with Gasteiger partial charge in [0.05, 0.1) is 19.7 Å². The molecule has 0 fully saturated rings. The number of pyridine rings is 1. The van der Waals surface area contributed by atoms with Crippen LogP contribution in [0.1, 0.15) is 52.0 Å². The van der Waals surface area contributed by atoms with Crippen LogP contribution in [0, 0.1) is 17.3 Å². The molecule has 0 unspecified atom stereocenters. The van der Waals surface area contributed by atoms with Crippen LogP contribution in [-0.2, 0) is 5.41 Å². The number of benzene rings is 2. The lowest BCUT2D eigenvalue weighted by Gasteiger charge is -2.22. The summed E-state index contributed by atoms with van der Waals surface area (Å²) in [5.74, 6) is 6.74. The van der Waals surface area contributed by atoms with Crippen LogP contribution in [0.2, 0.25) is 0 Å². The molecule has 2 aromatic carbocycles. The summed E-state index contributed by atoms with van der Waals surface area (Å²) in [4.78, 5) is 5.87. The number of hydrogen-bond acceptors (Lipinski definition) is 2. The van der Waals surface area contributed by atoms with Crippen molar-refractivity contribution in [3.05, 3.63) is 63.6 Å². The third-order valence-electron chi connectivity index (χ3n) is 5.04. The van der Waals surface area contributed by atoms with Gasteiger partial charge >= 0.3 is 0 Å². The standard InChI is InChI=1S/C27H26BrNS/c1-26(2,3)13-11-22-23(28)20-12-14-29-24(25(20)30-22)18-15-17-9-7-8-10-19(17)21(16-18)27(4,5)6/h7-10,12,14-16H,1-6H3. The Morgan fingerprint density at radius 2 is 1.67 bits per heavy atom. The fraction of sp³-hybridized carbons (Fsp3) is 0.296. The van der Waals surface area contributed by atoms with Gasteiger partial charge < -0.3 is 0 Å². The van der Waals surface area contributed by atoms with Crippen LogP contribution < -0.4 is 0 Å². The van der Waals surface area contributed by atoms with Crippen molar-refractivity contribution >= 4 is 48.1 Å². The first-order valence-electron chi connectivity index (χ1n) is 10.2. The minimum atomic E-state index is -0.0311. The molecular formula is C27H26BrNS. The van der Waals surface area contributed by atoms with Gasteiger partial charge in [0.25, 0.3) is 0 Å². The zero-order chi connectivity index (χ0) is 21.7. The molecule has 0 aliphatic rings. The zero-order valence-corrected chi connectivity index (χ0v) is 20.8. The second-order valence-corrected chi connectivity index (χ2v) is 11.6. The van der Waals surface area contributed by atoms with Crippen LogP contribution in [0.3, 0.4) is 0 Å². The van der Waals surface area contributed by atoms with Crippen LogP contribution in [0.25, 0.3) is 32.1 Å². The highest BCUT2D eigenvalue weighted by Gasteiger charge is 2.20. The molecule has 30 heavy (non-hydrogen) atoms. The molecule has 2 aromatic heterocycles. The van der Waals surface area contributed by atoms with Gasteiger partial charge in [-0.2, -0.15) is 0 Å². The predicted molar refractivity (Wildman–Crippen MR) is 135 cm³/mol. The number of rotatable bonds is 1. The molecule has 0 N–H and O–H groups in total. The molecule has 0 spiro atoms. The maximum Gasteiger partial charge on any atom is 0.0924 e.